The Labute approximate surface area is 126 Å². The van der Waals surface area contributed by atoms with Gasteiger partial charge in [-0.3, -0.25) is 0 Å². The predicted octanol–water partition coefficient (Wildman–Crippen LogP) is 1.18. The van der Waals surface area contributed by atoms with E-state index in [-0.39, 0.29) is 24.5 Å². The van der Waals surface area contributed by atoms with Gasteiger partial charge in [-0.25, -0.2) is 14.6 Å². The number of aliphatic hydroxyl groups is 1. The van der Waals surface area contributed by atoms with Crippen molar-refractivity contribution >= 4 is 22.8 Å². The van der Waals surface area contributed by atoms with E-state index in [1.165, 1.54) is 20.3 Å². The molecule has 2 aromatic rings. The minimum absolute atomic E-state index is 0.0134. The minimum atomic E-state index is -0.646. The Bertz CT molecular complexity index is 712. The molecule has 0 bridgehead atoms. The quantitative estimate of drug-likeness (QED) is 0.829. The van der Waals surface area contributed by atoms with Crippen LogP contribution >= 0.6 is 0 Å². The van der Waals surface area contributed by atoms with Gasteiger partial charge in [0.2, 0.25) is 0 Å². The summed E-state index contributed by atoms with van der Waals surface area (Å²) in [6.07, 6.45) is 0. The molecule has 0 aliphatic carbocycles. The summed E-state index contributed by atoms with van der Waals surface area (Å²) in [5, 5.41) is 9.26. The van der Waals surface area contributed by atoms with E-state index in [0.29, 0.717) is 16.7 Å². The van der Waals surface area contributed by atoms with Crippen molar-refractivity contribution in [1.82, 2.24) is 4.98 Å². The third kappa shape index (κ3) is 3.15. The van der Waals surface area contributed by atoms with Crippen LogP contribution in [-0.2, 0) is 9.47 Å². The van der Waals surface area contributed by atoms with Gasteiger partial charge in [-0.15, -0.1) is 0 Å². The highest BCUT2D eigenvalue weighted by molar-refractivity contribution is 6.06. The Balaban J connectivity index is 2.60. The Morgan fingerprint density at radius 1 is 1.14 bits per heavy atom. The molecule has 0 fully saturated rings. The Kier molecular flexibility index (Phi) is 4.90. The van der Waals surface area contributed by atoms with Crippen LogP contribution < -0.4 is 4.74 Å². The lowest BCUT2D eigenvalue weighted by Gasteiger charge is -2.10. The van der Waals surface area contributed by atoms with E-state index in [1.54, 1.807) is 18.2 Å². The van der Waals surface area contributed by atoms with Crippen molar-refractivity contribution in [2.75, 3.05) is 27.4 Å². The van der Waals surface area contributed by atoms with Gasteiger partial charge in [0.15, 0.2) is 0 Å². The van der Waals surface area contributed by atoms with Crippen LogP contribution in [0.1, 0.15) is 20.8 Å². The normalized spacial score (nSPS) is 10.3. The number of fused-ring (bicyclic) bond motifs is 1. The van der Waals surface area contributed by atoms with Crippen molar-refractivity contribution in [1.29, 1.82) is 0 Å². The number of carbonyl (C=O) groups excluding carboxylic acids is 2. The predicted molar refractivity (Wildman–Crippen MR) is 77.0 cm³/mol. The molecule has 0 aliphatic rings. The molecule has 0 aliphatic heterocycles. The molecule has 0 saturated carbocycles. The summed E-state index contributed by atoms with van der Waals surface area (Å²) in [4.78, 5) is 27.7. The zero-order valence-corrected chi connectivity index (χ0v) is 12.2. The Morgan fingerprint density at radius 2 is 1.86 bits per heavy atom. The fraction of sp³-hybridized carbons (Fsp3) is 0.267. The van der Waals surface area contributed by atoms with Crippen LogP contribution in [0.4, 0.5) is 0 Å². The number of aromatic nitrogens is 1. The van der Waals surface area contributed by atoms with E-state index in [1.807, 2.05) is 0 Å². The molecule has 0 saturated heterocycles. The van der Waals surface area contributed by atoms with Crippen LogP contribution in [0.3, 0.4) is 0 Å². The first-order valence-electron chi connectivity index (χ1n) is 6.45. The minimum Gasteiger partial charge on any atom is -0.491 e. The molecule has 1 N–H and O–H groups in total. The fourth-order valence-corrected chi connectivity index (χ4v) is 1.95. The number of nitrogens with zero attached hydrogens (tertiary/aromatic N) is 1. The number of benzene rings is 1. The van der Waals surface area contributed by atoms with Crippen LogP contribution in [0.25, 0.3) is 10.9 Å². The van der Waals surface area contributed by atoms with Crippen LogP contribution in [0, 0.1) is 0 Å². The van der Waals surface area contributed by atoms with Gasteiger partial charge in [0.05, 0.1) is 31.9 Å². The summed E-state index contributed by atoms with van der Waals surface area (Å²) in [5.41, 5.74) is 0.626. The zero-order chi connectivity index (χ0) is 16.1. The molecule has 116 valence electrons. The summed E-state index contributed by atoms with van der Waals surface area (Å²) in [5.74, 6) is -0.774. The first-order valence-corrected chi connectivity index (χ1v) is 6.45. The molecule has 0 atom stereocenters. The average molecular weight is 305 g/mol. The third-order valence-corrected chi connectivity index (χ3v) is 2.94. The molecule has 7 heteroatoms. The zero-order valence-electron chi connectivity index (χ0n) is 12.2. The molecule has 7 nitrogen and oxygen atoms in total. The number of rotatable bonds is 5. The van der Waals surface area contributed by atoms with E-state index in [9.17, 15) is 9.59 Å². The number of esters is 2. The number of hydrogen-bond donors (Lipinski definition) is 1. The molecule has 22 heavy (non-hydrogen) atoms. The SMILES string of the molecule is COC(=O)c1cc(C(=O)OC)c2cc(OCCO)ccc2n1. The van der Waals surface area contributed by atoms with Gasteiger partial charge in [0.1, 0.15) is 18.1 Å². The number of aliphatic hydroxyl groups excluding tert-OH is 1. The van der Waals surface area contributed by atoms with Crippen molar-refractivity contribution in [2.45, 2.75) is 0 Å². The molecule has 1 aromatic heterocycles. The number of carbonyl (C=O) groups is 2. The lowest BCUT2D eigenvalue weighted by Crippen LogP contribution is -2.10. The number of pyridine rings is 1. The maximum Gasteiger partial charge on any atom is 0.356 e. The first kappa shape index (κ1) is 15.7. The standard InChI is InChI=1S/C15H15NO6/c1-20-14(18)11-8-13(15(19)21-2)16-12-4-3-9(7-10(11)12)22-6-5-17/h3-4,7-8,17H,5-6H2,1-2H3. The van der Waals surface area contributed by atoms with Crippen molar-refractivity contribution < 1.29 is 28.9 Å². The lowest BCUT2D eigenvalue weighted by molar-refractivity contribution is 0.0594. The average Bonchev–Trinajstić information content (AvgIpc) is 2.57. The van der Waals surface area contributed by atoms with Gasteiger partial charge in [-0.2, -0.15) is 0 Å². The smallest absolute Gasteiger partial charge is 0.356 e. The van der Waals surface area contributed by atoms with Crippen molar-refractivity contribution in [3.8, 4) is 5.75 Å². The van der Waals surface area contributed by atoms with Gasteiger partial charge >= 0.3 is 11.9 Å². The summed E-state index contributed by atoms with van der Waals surface area (Å²) in [7, 11) is 2.48. The second-order valence-electron chi connectivity index (χ2n) is 4.29. The maximum absolute atomic E-state index is 11.9. The highest BCUT2D eigenvalue weighted by Gasteiger charge is 2.18. The van der Waals surface area contributed by atoms with Gasteiger partial charge in [-0.05, 0) is 24.3 Å². The maximum atomic E-state index is 11.9. The monoisotopic (exact) mass is 305 g/mol. The van der Waals surface area contributed by atoms with Crippen LogP contribution in [0.2, 0.25) is 0 Å². The van der Waals surface area contributed by atoms with Gasteiger partial charge in [0, 0.05) is 5.39 Å². The van der Waals surface area contributed by atoms with E-state index < -0.39 is 11.9 Å². The lowest BCUT2D eigenvalue weighted by atomic mass is 10.1. The van der Waals surface area contributed by atoms with E-state index in [2.05, 4.69) is 9.72 Å². The Hall–Kier alpha value is -2.67. The van der Waals surface area contributed by atoms with Crippen LogP contribution in [0.5, 0.6) is 5.75 Å². The molecule has 1 aromatic carbocycles. The van der Waals surface area contributed by atoms with Gasteiger partial charge in [-0.1, -0.05) is 0 Å². The molecule has 0 unspecified atom stereocenters. The van der Waals surface area contributed by atoms with Crippen molar-refractivity contribution in [2.24, 2.45) is 0 Å². The van der Waals surface area contributed by atoms with Crippen molar-refractivity contribution in [3.05, 3.63) is 35.5 Å². The topological polar surface area (TPSA) is 95.0 Å². The van der Waals surface area contributed by atoms with E-state index >= 15 is 0 Å². The number of ether oxygens (including phenoxy) is 3. The van der Waals surface area contributed by atoms with E-state index in [0.717, 1.165) is 0 Å². The van der Waals surface area contributed by atoms with Gasteiger partial charge in [0.25, 0.3) is 0 Å². The third-order valence-electron chi connectivity index (χ3n) is 2.94. The summed E-state index contributed by atoms with van der Waals surface area (Å²) < 4.78 is 14.7. The molecule has 1 heterocycles. The van der Waals surface area contributed by atoms with Gasteiger partial charge < -0.3 is 19.3 Å². The molecular weight excluding hydrogens is 290 g/mol. The number of hydrogen-bond acceptors (Lipinski definition) is 7. The van der Waals surface area contributed by atoms with Crippen LogP contribution in [-0.4, -0.2) is 49.5 Å². The molecule has 0 radical (unpaired) electrons. The first-order chi connectivity index (χ1) is 10.6. The second kappa shape index (κ2) is 6.86. The molecule has 0 amide bonds. The fourth-order valence-electron chi connectivity index (χ4n) is 1.95. The number of methoxy groups -OCH3 is 2. The van der Waals surface area contributed by atoms with Crippen LogP contribution in [0.15, 0.2) is 24.3 Å². The second-order valence-corrected chi connectivity index (χ2v) is 4.29. The van der Waals surface area contributed by atoms with E-state index in [4.69, 9.17) is 14.6 Å². The van der Waals surface area contributed by atoms with Crippen molar-refractivity contribution in [3.63, 3.8) is 0 Å². The summed E-state index contributed by atoms with van der Waals surface area (Å²) in [6.45, 7) is 0.00810. The summed E-state index contributed by atoms with van der Waals surface area (Å²) >= 11 is 0. The highest BCUT2D eigenvalue weighted by Crippen LogP contribution is 2.24. The molecule has 0 spiro atoms. The highest BCUT2D eigenvalue weighted by atomic mass is 16.5. The largest absolute Gasteiger partial charge is 0.491 e. The molecular formula is C15H15NO6. The molecule has 2 rings (SSSR count). The Morgan fingerprint density at radius 3 is 2.50 bits per heavy atom. The summed E-state index contributed by atoms with van der Waals surface area (Å²) in [6, 6.07) is 6.16.